The van der Waals surface area contributed by atoms with E-state index in [1.165, 1.54) is 0 Å². The van der Waals surface area contributed by atoms with E-state index in [-0.39, 0.29) is 11.4 Å². The molecule has 7 nitrogen and oxygen atoms in total. The van der Waals surface area contributed by atoms with Crippen LogP contribution >= 0.6 is 0 Å². The molecule has 1 N–H and O–H groups in total. The van der Waals surface area contributed by atoms with E-state index in [0.29, 0.717) is 5.69 Å². The van der Waals surface area contributed by atoms with Gasteiger partial charge in [-0.2, -0.15) is 0 Å². The van der Waals surface area contributed by atoms with Gasteiger partial charge in [0.1, 0.15) is 5.69 Å². The summed E-state index contributed by atoms with van der Waals surface area (Å²) in [6.45, 7) is 9.31. The van der Waals surface area contributed by atoms with Gasteiger partial charge in [-0.3, -0.25) is 4.79 Å². The summed E-state index contributed by atoms with van der Waals surface area (Å²) in [6.07, 6.45) is 5.30. The highest BCUT2D eigenvalue weighted by Gasteiger charge is 2.20. The van der Waals surface area contributed by atoms with Gasteiger partial charge in [-0.25, -0.2) is 15.0 Å². The summed E-state index contributed by atoms with van der Waals surface area (Å²) >= 11 is 0. The second-order valence-electron chi connectivity index (χ2n) is 7.13. The molecule has 7 heteroatoms. The first-order valence-electron chi connectivity index (χ1n) is 8.48. The first-order valence-corrected chi connectivity index (χ1v) is 8.48. The fourth-order valence-corrected chi connectivity index (χ4v) is 2.73. The smallest absolute Gasteiger partial charge is 0.270 e. The molecule has 0 atom stereocenters. The molecule has 0 unspecified atom stereocenters. The SMILES string of the molecule is CC(C)(C)NC(=O)c1ccc(N2CCN(c3ncccn3)CC2)cn1. The zero-order chi connectivity index (χ0) is 17.9. The van der Waals surface area contributed by atoms with Gasteiger partial charge in [0.15, 0.2) is 0 Å². The maximum Gasteiger partial charge on any atom is 0.270 e. The number of rotatable bonds is 3. The number of hydrogen-bond acceptors (Lipinski definition) is 6. The second kappa shape index (κ2) is 7.04. The highest BCUT2D eigenvalue weighted by molar-refractivity contribution is 5.92. The summed E-state index contributed by atoms with van der Waals surface area (Å²) < 4.78 is 0. The van der Waals surface area contributed by atoms with Crippen LogP contribution in [0.1, 0.15) is 31.3 Å². The minimum Gasteiger partial charge on any atom is -0.367 e. The van der Waals surface area contributed by atoms with Crippen molar-refractivity contribution < 1.29 is 4.79 Å². The van der Waals surface area contributed by atoms with Crippen LogP contribution in [0.2, 0.25) is 0 Å². The quantitative estimate of drug-likeness (QED) is 0.917. The van der Waals surface area contributed by atoms with Crippen molar-refractivity contribution in [1.29, 1.82) is 0 Å². The lowest BCUT2D eigenvalue weighted by Crippen LogP contribution is -2.47. The first-order chi connectivity index (χ1) is 11.9. The number of anilines is 2. The number of pyridine rings is 1. The molecule has 2 aromatic heterocycles. The van der Waals surface area contributed by atoms with Gasteiger partial charge in [0.25, 0.3) is 5.91 Å². The Hall–Kier alpha value is -2.70. The first kappa shape index (κ1) is 17.1. The van der Waals surface area contributed by atoms with Gasteiger partial charge >= 0.3 is 0 Å². The molecule has 1 saturated heterocycles. The third-order valence-corrected chi connectivity index (χ3v) is 3.95. The van der Waals surface area contributed by atoms with E-state index in [2.05, 4.69) is 30.1 Å². The molecule has 132 valence electrons. The summed E-state index contributed by atoms with van der Waals surface area (Å²) in [7, 11) is 0. The number of piperazine rings is 1. The lowest BCUT2D eigenvalue weighted by atomic mass is 10.1. The van der Waals surface area contributed by atoms with E-state index in [0.717, 1.165) is 37.8 Å². The molecule has 1 fully saturated rings. The average molecular weight is 340 g/mol. The number of amides is 1. The van der Waals surface area contributed by atoms with Crippen molar-refractivity contribution in [3.63, 3.8) is 0 Å². The van der Waals surface area contributed by atoms with E-state index in [1.807, 2.05) is 32.9 Å². The molecular formula is C18H24N6O. The van der Waals surface area contributed by atoms with Crippen LogP contribution in [0.15, 0.2) is 36.8 Å². The Labute approximate surface area is 148 Å². The van der Waals surface area contributed by atoms with Crippen molar-refractivity contribution >= 4 is 17.5 Å². The number of hydrogen-bond donors (Lipinski definition) is 1. The molecule has 1 aliphatic heterocycles. The molecule has 0 spiro atoms. The van der Waals surface area contributed by atoms with E-state index in [4.69, 9.17) is 0 Å². The van der Waals surface area contributed by atoms with Gasteiger partial charge < -0.3 is 15.1 Å². The van der Waals surface area contributed by atoms with Crippen molar-refractivity contribution in [2.75, 3.05) is 36.0 Å². The number of nitrogens with zero attached hydrogens (tertiary/aromatic N) is 5. The van der Waals surface area contributed by atoms with E-state index in [1.54, 1.807) is 24.7 Å². The van der Waals surface area contributed by atoms with Crippen LogP contribution < -0.4 is 15.1 Å². The standard InChI is InChI=1S/C18H24N6O/c1-18(2,3)22-16(25)15-6-5-14(13-21-15)23-9-11-24(12-10-23)17-19-7-4-8-20-17/h4-8,13H,9-12H2,1-3H3,(H,22,25). The van der Waals surface area contributed by atoms with Crippen LogP contribution in [-0.2, 0) is 0 Å². The lowest BCUT2D eigenvalue weighted by Gasteiger charge is -2.35. The number of carbonyl (C=O) groups excluding carboxylic acids is 1. The molecule has 3 rings (SSSR count). The van der Waals surface area contributed by atoms with Gasteiger partial charge in [0, 0.05) is 44.1 Å². The highest BCUT2D eigenvalue weighted by Crippen LogP contribution is 2.17. The van der Waals surface area contributed by atoms with Crippen LogP contribution in [0.4, 0.5) is 11.6 Å². The Morgan fingerprint density at radius 2 is 1.64 bits per heavy atom. The molecule has 3 heterocycles. The Morgan fingerprint density at radius 1 is 1.00 bits per heavy atom. The molecule has 0 aromatic carbocycles. The molecule has 1 amide bonds. The van der Waals surface area contributed by atoms with Crippen LogP contribution in [0.5, 0.6) is 0 Å². The molecule has 25 heavy (non-hydrogen) atoms. The molecule has 0 bridgehead atoms. The van der Waals surface area contributed by atoms with Gasteiger partial charge in [0.05, 0.1) is 11.9 Å². The third kappa shape index (κ3) is 4.43. The minimum atomic E-state index is -0.271. The summed E-state index contributed by atoms with van der Waals surface area (Å²) in [4.78, 5) is 29.5. The maximum atomic E-state index is 12.1. The third-order valence-electron chi connectivity index (χ3n) is 3.95. The van der Waals surface area contributed by atoms with Crippen LogP contribution in [0.25, 0.3) is 0 Å². The number of carbonyl (C=O) groups is 1. The Balaban J connectivity index is 1.60. The van der Waals surface area contributed by atoms with E-state index >= 15 is 0 Å². The van der Waals surface area contributed by atoms with Crippen molar-refractivity contribution in [3.05, 3.63) is 42.5 Å². The van der Waals surface area contributed by atoms with E-state index in [9.17, 15) is 4.79 Å². The predicted octanol–water partition coefficient (Wildman–Crippen LogP) is 1.73. The van der Waals surface area contributed by atoms with Gasteiger partial charge in [-0.1, -0.05) is 0 Å². The van der Waals surface area contributed by atoms with Crippen LogP contribution in [0, 0.1) is 0 Å². The average Bonchev–Trinajstić information content (AvgIpc) is 2.61. The predicted molar refractivity (Wildman–Crippen MR) is 97.9 cm³/mol. The Morgan fingerprint density at radius 3 is 2.20 bits per heavy atom. The largest absolute Gasteiger partial charge is 0.367 e. The van der Waals surface area contributed by atoms with Crippen molar-refractivity contribution in [2.24, 2.45) is 0 Å². The minimum absolute atomic E-state index is 0.148. The molecule has 2 aromatic rings. The fourth-order valence-electron chi connectivity index (χ4n) is 2.73. The highest BCUT2D eigenvalue weighted by atomic mass is 16.2. The van der Waals surface area contributed by atoms with Crippen molar-refractivity contribution in [3.8, 4) is 0 Å². The van der Waals surface area contributed by atoms with Crippen LogP contribution in [-0.4, -0.2) is 52.6 Å². The Kier molecular flexibility index (Phi) is 4.83. The monoisotopic (exact) mass is 340 g/mol. The summed E-state index contributed by atoms with van der Waals surface area (Å²) in [5.74, 6) is 0.625. The lowest BCUT2D eigenvalue weighted by molar-refractivity contribution is 0.0914. The zero-order valence-electron chi connectivity index (χ0n) is 14.9. The number of nitrogens with one attached hydrogen (secondary N) is 1. The fraction of sp³-hybridized carbons (Fsp3) is 0.444. The Bertz CT molecular complexity index is 703. The summed E-state index contributed by atoms with van der Waals surface area (Å²) in [6, 6.07) is 5.56. The van der Waals surface area contributed by atoms with Crippen molar-refractivity contribution in [2.45, 2.75) is 26.3 Å². The molecule has 0 radical (unpaired) electrons. The van der Waals surface area contributed by atoms with Gasteiger partial charge in [0.2, 0.25) is 5.95 Å². The molecule has 0 saturated carbocycles. The van der Waals surface area contributed by atoms with Crippen molar-refractivity contribution in [1.82, 2.24) is 20.3 Å². The summed E-state index contributed by atoms with van der Waals surface area (Å²) in [5, 5.41) is 2.92. The second-order valence-corrected chi connectivity index (χ2v) is 7.13. The molecular weight excluding hydrogens is 316 g/mol. The molecule has 0 aliphatic carbocycles. The van der Waals surface area contributed by atoms with Gasteiger partial charge in [-0.05, 0) is 39.0 Å². The molecule has 1 aliphatic rings. The normalized spacial score (nSPS) is 15.2. The van der Waals surface area contributed by atoms with E-state index < -0.39 is 0 Å². The zero-order valence-corrected chi connectivity index (χ0v) is 14.9. The van der Waals surface area contributed by atoms with Crippen LogP contribution in [0.3, 0.4) is 0 Å². The van der Waals surface area contributed by atoms with Gasteiger partial charge in [-0.15, -0.1) is 0 Å². The number of aromatic nitrogens is 3. The maximum absolute atomic E-state index is 12.1. The topological polar surface area (TPSA) is 74.2 Å². The summed E-state index contributed by atoms with van der Waals surface area (Å²) in [5.41, 5.74) is 1.20.